The lowest BCUT2D eigenvalue weighted by molar-refractivity contribution is -0.137. The molecule has 3 aromatic rings. The van der Waals surface area contributed by atoms with Crippen LogP contribution in [0.3, 0.4) is 0 Å². The number of ether oxygens (including phenoxy) is 1. The number of carbonyl (C=O) groups is 2. The predicted octanol–water partition coefficient (Wildman–Crippen LogP) is 4.64. The standard InChI is InChI=1S/C22H19F3N2O3/c1-21(2,20(26)29)27-19(28)14-6-11-17-13(12-14)4-3-5-18(17)30-16-9-7-15(8-10-16)22(23,24)25/h3-12H,1-2H3,(H2,26,29)(H,27,28). The minimum Gasteiger partial charge on any atom is -0.457 e. The van der Waals surface area contributed by atoms with Crippen molar-refractivity contribution in [2.75, 3.05) is 0 Å². The van der Waals surface area contributed by atoms with Crippen LogP contribution in [0.5, 0.6) is 11.5 Å². The summed E-state index contributed by atoms with van der Waals surface area (Å²) in [5, 5.41) is 3.93. The van der Waals surface area contributed by atoms with Crippen molar-refractivity contribution in [2.45, 2.75) is 25.6 Å². The summed E-state index contributed by atoms with van der Waals surface area (Å²) in [5.74, 6) is -0.448. The van der Waals surface area contributed by atoms with Crippen LogP contribution in [0.1, 0.15) is 29.8 Å². The van der Waals surface area contributed by atoms with Gasteiger partial charge in [0, 0.05) is 10.9 Å². The molecule has 0 spiro atoms. The van der Waals surface area contributed by atoms with E-state index in [-0.39, 0.29) is 5.75 Å². The number of nitrogens with one attached hydrogen (secondary N) is 1. The van der Waals surface area contributed by atoms with E-state index in [2.05, 4.69) is 5.32 Å². The third kappa shape index (κ3) is 4.53. The fraction of sp³-hybridized carbons (Fsp3) is 0.182. The van der Waals surface area contributed by atoms with Gasteiger partial charge in [-0.2, -0.15) is 13.2 Å². The first-order valence-electron chi connectivity index (χ1n) is 8.98. The Morgan fingerprint density at radius 3 is 2.23 bits per heavy atom. The van der Waals surface area contributed by atoms with Crippen molar-refractivity contribution in [1.82, 2.24) is 5.32 Å². The van der Waals surface area contributed by atoms with Gasteiger partial charge in [0.05, 0.1) is 5.56 Å². The fourth-order valence-electron chi connectivity index (χ4n) is 2.74. The van der Waals surface area contributed by atoms with Gasteiger partial charge in [0.15, 0.2) is 0 Å². The van der Waals surface area contributed by atoms with E-state index in [0.717, 1.165) is 12.1 Å². The highest BCUT2D eigenvalue weighted by atomic mass is 19.4. The molecule has 0 radical (unpaired) electrons. The summed E-state index contributed by atoms with van der Waals surface area (Å²) in [6, 6.07) is 14.4. The fourth-order valence-corrected chi connectivity index (χ4v) is 2.74. The van der Waals surface area contributed by atoms with Gasteiger partial charge in [0.1, 0.15) is 17.0 Å². The summed E-state index contributed by atoms with van der Waals surface area (Å²) < 4.78 is 43.9. The maximum Gasteiger partial charge on any atom is 0.416 e. The summed E-state index contributed by atoms with van der Waals surface area (Å²) in [7, 11) is 0. The molecular weight excluding hydrogens is 397 g/mol. The van der Waals surface area contributed by atoms with Crippen LogP contribution in [0.2, 0.25) is 0 Å². The van der Waals surface area contributed by atoms with Gasteiger partial charge in [0.25, 0.3) is 5.91 Å². The maximum atomic E-state index is 12.7. The van der Waals surface area contributed by atoms with Gasteiger partial charge in [-0.1, -0.05) is 12.1 Å². The number of halogens is 3. The van der Waals surface area contributed by atoms with E-state index in [4.69, 9.17) is 10.5 Å². The molecule has 0 aliphatic carbocycles. The molecule has 2 amide bonds. The van der Waals surface area contributed by atoms with Gasteiger partial charge >= 0.3 is 6.18 Å². The number of benzene rings is 3. The summed E-state index contributed by atoms with van der Waals surface area (Å²) in [5.41, 5.74) is 3.63. The molecule has 30 heavy (non-hydrogen) atoms. The highest BCUT2D eigenvalue weighted by Gasteiger charge is 2.30. The molecule has 0 atom stereocenters. The highest BCUT2D eigenvalue weighted by Crippen LogP contribution is 2.33. The molecule has 0 unspecified atom stereocenters. The van der Waals surface area contributed by atoms with Crippen molar-refractivity contribution in [3.8, 4) is 11.5 Å². The Labute approximate surface area is 170 Å². The van der Waals surface area contributed by atoms with Crippen molar-refractivity contribution in [3.63, 3.8) is 0 Å². The second-order valence-electron chi connectivity index (χ2n) is 7.26. The Morgan fingerprint density at radius 2 is 1.63 bits per heavy atom. The third-order valence-corrected chi connectivity index (χ3v) is 4.55. The van der Waals surface area contributed by atoms with Crippen LogP contribution in [-0.4, -0.2) is 17.4 Å². The zero-order chi connectivity index (χ0) is 22.1. The summed E-state index contributed by atoms with van der Waals surface area (Å²) in [6.45, 7) is 3.01. The molecule has 3 aromatic carbocycles. The Morgan fingerprint density at radius 1 is 0.967 bits per heavy atom. The largest absolute Gasteiger partial charge is 0.457 e. The molecule has 0 aliphatic rings. The van der Waals surface area contributed by atoms with Crippen LogP contribution in [0.4, 0.5) is 13.2 Å². The Bertz CT molecular complexity index is 1110. The molecular formula is C22H19F3N2O3. The number of rotatable bonds is 5. The SMILES string of the molecule is CC(C)(NC(=O)c1ccc2c(Oc3ccc(C(F)(F)F)cc3)cccc2c1)C(N)=O. The maximum absolute atomic E-state index is 12.7. The van der Waals surface area contributed by atoms with Crippen molar-refractivity contribution in [2.24, 2.45) is 5.73 Å². The molecule has 0 saturated heterocycles. The van der Waals surface area contributed by atoms with Gasteiger partial charge in [-0.3, -0.25) is 9.59 Å². The molecule has 3 N–H and O–H groups in total. The van der Waals surface area contributed by atoms with E-state index < -0.39 is 29.1 Å². The highest BCUT2D eigenvalue weighted by molar-refractivity contribution is 6.02. The first-order valence-corrected chi connectivity index (χ1v) is 8.98. The van der Waals surface area contributed by atoms with Crippen LogP contribution in [0.25, 0.3) is 10.8 Å². The molecule has 5 nitrogen and oxygen atoms in total. The molecule has 0 saturated carbocycles. The monoisotopic (exact) mass is 416 g/mol. The molecule has 0 heterocycles. The second-order valence-corrected chi connectivity index (χ2v) is 7.26. The summed E-state index contributed by atoms with van der Waals surface area (Å²) in [4.78, 5) is 23.9. The van der Waals surface area contributed by atoms with E-state index in [1.807, 2.05) is 0 Å². The van der Waals surface area contributed by atoms with Gasteiger partial charge in [-0.25, -0.2) is 0 Å². The van der Waals surface area contributed by atoms with E-state index in [0.29, 0.717) is 22.1 Å². The lowest BCUT2D eigenvalue weighted by Crippen LogP contribution is -2.52. The van der Waals surface area contributed by atoms with Crippen LogP contribution >= 0.6 is 0 Å². The number of carbonyl (C=O) groups excluding carboxylic acids is 2. The van der Waals surface area contributed by atoms with Crippen LogP contribution in [0.15, 0.2) is 60.7 Å². The molecule has 0 bridgehead atoms. The number of primary amides is 1. The molecule has 0 aliphatic heterocycles. The first kappa shape index (κ1) is 21.2. The summed E-state index contributed by atoms with van der Waals surface area (Å²) >= 11 is 0. The molecule has 0 fully saturated rings. The lowest BCUT2D eigenvalue weighted by atomic mass is 10.0. The Balaban J connectivity index is 1.86. The third-order valence-electron chi connectivity index (χ3n) is 4.55. The van der Waals surface area contributed by atoms with E-state index in [9.17, 15) is 22.8 Å². The average molecular weight is 416 g/mol. The van der Waals surface area contributed by atoms with Crippen LogP contribution in [0, 0.1) is 0 Å². The van der Waals surface area contributed by atoms with Crippen molar-refractivity contribution in [1.29, 1.82) is 0 Å². The lowest BCUT2D eigenvalue weighted by Gasteiger charge is -2.22. The minimum absolute atomic E-state index is 0.250. The summed E-state index contributed by atoms with van der Waals surface area (Å²) in [6.07, 6.45) is -4.42. The second kappa shape index (κ2) is 7.70. The van der Waals surface area contributed by atoms with Gasteiger partial charge in [0.2, 0.25) is 5.91 Å². The number of hydrogen-bond acceptors (Lipinski definition) is 3. The quantitative estimate of drug-likeness (QED) is 0.636. The van der Waals surface area contributed by atoms with Crippen LogP contribution in [-0.2, 0) is 11.0 Å². The number of hydrogen-bond donors (Lipinski definition) is 2. The zero-order valence-corrected chi connectivity index (χ0v) is 16.2. The molecule has 3 rings (SSSR count). The number of nitrogens with two attached hydrogens (primary N) is 1. The Hall–Kier alpha value is -3.55. The smallest absolute Gasteiger partial charge is 0.416 e. The number of amides is 2. The van der Waals surface area contributed by atoms with Crippen molar-refractivity contribution < 1.29 is 27.5 Å². The number of fused-ring (bicyclic) bond motifs is 1. The van der Waals surface area contributed by atoms with Gasteiger partial charge in [-0.05, 0) is 67.8 Å². The van der Waals surface area contributed by atoms with E-state index in [1.54, 1.807) is 36.4 Å². The Kier molecular flexibility index (Phi) is 5.43. The predicted molar refractivity (Wildman–Crippen MR) is 106 cm³/mol. The molecule has 156 valence electrons. The topological polar surface area (TPSA) is 81.4 Å². The van der Waals surface area contributed by atoms with Crippen molar-refractivity contribution >= 4 is 22.6 Å². The molecule has 0 aromatic heterocycles. The van der Waals surface area contributed by atoms with E-state index in [1.165, 1.54) is 26.0 Å². The zero-order valence-electron chi connectivity index (χ0n) is 16.2. The first-order chi connectivity index (χ1) is 14.0. The van der Waals surface area contributed by atoms with Gasteiger partial charge < -0.3 is 15.8 Å². The van der Waals surface area contributed by atoms with E-state index >= 15 is 0 Å². The van der Waals surface area contributed by atoms with Crippen LogP contribution < -0.4 is 15.8 Å². The normalized spacial score (nSPS) is 11.9. The average Bonchev–Trinajstić information content (AvgIpc) is 2.67. The molecule has 8 heteroatoms. The van der Waals surface area contributed by atoms with Crippen molar-refractivity contribution in [3.05, 3.63) is 71.8 Å². The minimum atomic E-state index is -4.42. The number of alkyl halides is 3. The van der Waals surface area contributed by atoms with Gasteiger partial charge in [-0.15, -0.1) is 0 Å².